The SMILES string of the molecule is CNc1nc(Nc2ccc(C(=O)NCCNC[C@H]3CC[C@H](CSC(C)(C)[C@H](NC(=O)C4(F)CC4)C(=O)N4C[C@H](O)[C@H](F)C4C(=O)NCc4ccc(-c5scnc5C)cc4)CC3)cc2OC)ncc1Cl. The van der Waals surface area contributed by atoms with Gasteiger partial charge in [-0.25, -0.2) is 18.7 Å². The molecule has 69 heavy (non-hydrogen) atoms. The monoisotopic (exact) mass is 1010 g/mol. The number of thiazole rings is 1. The summed E-state index contributed by atoms with van der Waals surface area (Å²) in [6, 6.07) is 9.61. The number of halogens is 3. The molecule has 2 aliphatic carbocycles. The van der Waals surface area contributed by atoms with Gasteiger partial charge in [-0.05, 0) is 113 Å². The van der Waals surface area contributed by atoms with E-state index in [-0.39, 0.29) is 25.3 Å². The number of aliphatic hydroxyl groups is 1. The van der Waals surface area contributed by atoms with Crippen molar-refractivity contribution in [2.24, 2.45) is 11.8 Å². The predicted molar refractivity (Wildman–Crippen MR) is 266 cm³/mol. The summed E-state index contributed by atoms with van der Waals surface area (Å²) >= 11 is 9.10. The van der Waals surface area contributed by atoms with Crippen molar-refractivity contribution in [3.05, 3.63) is 76.0 Å². The Bertz CT molecular complexity index is 2460. The molecule has 4 atom stereocenters. The lowest BCUT2D eigenvalue weighted by atomic mass is 9.83. The molecule has 1 unspecified atom stereocenters. The second kappa shape index (κ2) is 22.7. The van der Waals surface area contributed by atoms with Crippen LogP contribution < -0.4 is 36.6 Å². The minimum atomic E-state index is -2.08. The van der Waals surface area contributed by atoms with Crippen LogP contribution in [0.4, 0.5) is 26.2 Å². The number of alkyl halides is 2. The molecule has 0 bridgehead atoms. The van der Waals surface area contributed by atoms with Crippen LogP contribution in [0, 0.1) is 18.8 Å². The number of nitrogens with zero attached hydrogens (tertiary/aromatic N) is 4. The Morgan fingerprint density at radius 3 is 2.43 bits per heavy atom. The number of anilines is 3. The first kappa shape index (κ1) is 51.7. The van der Waals surface area contributed by atoms with Crippen LogP contribution >= 0.6 is 34.7 Å². The maximum absolute atomic E-state index is 15.7. The van der Waals surface area contributed by atoms with E-state index in [4.69, 9.17) is 16.3 Å². The number of ether oxygens (including phenoxy) is 1. The second-order valence-corrected chi connectivity index (χ2v) is 21.4. The van der Waals surface area contributed by atoms with Crippen molar-refractivity contribution in [1.82, 2.24) is 41.1 Å². The van der Waals surface area contributed by atoms with Gasteiger partial charge in [0.2, 0.25) is 17.8 Å². The number of carbonyl (C=O) groups is 4. The lowest BCUT2D eigenvalue weighted by Crippen LogP contribution is -2.61. The lowest BCUT2D eigenvalue weighted by Gasteiger charge is -2.38. The summed E-state index contributed by atoms with van der Waals surface area (Å²) in [5, 5.41) is 28.8. The molecule has 0 spiro atoms. The fraction of sp³-hybridized carbons (Fsp3) is 0.521. The maximum Gasteiger partial charge on any atom is 0.258 e. The number of rotatable bonds is 21. The summed E-state index contributed by atoms with van der Waals surface area (Å²) in [6.45, 7) is 6.90. The van der Waals surface area contributed by atoms with Gasteiger partial charge in [-0.3, -0.25) is 19.2 Å². The number of aromatic nitrogens is 3. The van der Waals surface area contributed by atoms with Gasteiger partial charge in [-0.2, -0.15) is 16.7 Å². The smallest absolute Gasteiger partial charge is 0.258 e. The quantitative estimate of drug-likeness (QED) is 0.0464. The molecule has 1 saturated heterocycles. The highest BCUT2D eigenvalue weighted by atomic mass is 35.5. The summed E-state index contributed by atoms with van der Waals surface area (Å²) in [6.07, 6.45) is 1.69. The number of hydrogen-bond acceptors (Lipinski definition) is 14. The van der Waals surface area contributed by atoms with Crippen molar-refractivity contribution in [3.8, 4) is 16.2 Å². The largest absolute Gasteiger partial charge is 0.495 e. The van der Waals surface area contributed by atoms with Crippen LogP contribution in [-0.2, 0) is 20.9 Å². The molecular weight excluding hydrogens is 950 g/mol. The van der Waals surface area contributed by atoms with Crippen LogP contribution in [0.2, 0.25) is 5.02 Å². The lowest BCUT2D eigenvalue weighted by molar-refractivity contribution is -0.143. The van der Waals surface area contributed by atoms with E-state index in [0.717, 1.165) is 58.8 Å². The highest BCUT2D eigenvalue weighted by Crippen LogP contribution is 2.42. The van der Waals surface area contributed by atoms with E-state index in [9.17, 15) is 24.3 Å². The maximum atomic E-state index is 15.7. The van der Waals surface area contributed by atoms with E-state index in [1.807, 2.05) is 31.2 Å². The third kappa shape index (κ3) is 12.8. The normalized spacial score (nSPS) is 21.2. The number of β-amino-alcohol motifs (C(OH)–C–C–N with tert-alkyl or cyclic N) is 1. The summed E-state index contributed by atoms with van der Waals surface area (Å²) in [5.41, 5.74) is 3.34. The number of hydrogen-bond donors (Lipinski definition) is 7. The molecule has 3 heterocycles. The van der Waals surface area contributed by atoms with Crippen molar-refractivity contribution in [2.45, 2.75) is 101 Å². The molecule has 7 N–H and O–H groups in total. The molecule has 2 aromatic carbocycles. The van der Waals surface area contributed by atoms with Crippen LogP contribution in [0.15, 0.2) is 54.2 Å². The zero-order valence-electron chi connectivity index (χ0n) is 39.4. The highest BCUT2D eigenvalue weighted by molar-refractivity contribution is 8.00. The number of methoxy groups -OCH3 is 1. The standard InChI is InChI=1S/C48H61ClF2N10O6S2/c1-27-39(68-26-57-27)31-12-10-29(11-13-31)22-55-43(64)38-37(50)35(62)24-61(38)44(65)40(59-45(66)48(51)16-17-48)47(2,3)69-25-30-8-6-28(7-9-30)21-53-18-19-54-42(63)32-14-15-34(36(20-32)67-5)58-46-56-23-33(49)41(52-4)60-46/h10-15,20,23,26,28,30,35,37-38,40,53,62H,6-9,16-19,21-22,24-25H2,1-5H3,(H,54,63)(H,55,64)(H,59,66)(H2,52,56,58,60)/t28-,30-,35-,37-,38?,40+/m0/s1. The Kier molecular flexibility index (Phi) is 17.0. The van der Waals surface area contributed by atoms with E-state index in [1.54, 1.807) is 44.6 Å². The Morgan fingerprint density at radius 1 is 1.04 bits per heavy atom. The Hall–Kier alpha value is -5.15. The van der Waals surface area contributed by atoms with Gasteiger partial charge in [0.05, 0.1) is 41.6 Å². The van der Waals surface area contributed by atoms with E-state index in [2.05, 4.69) is 46.9 Å². The molecule has 7 rings (SSSR count). The molecule has 2 aromatic heterocycles. The number of nitrogens with one attached hydrogen (secondary N) is 6. The minimum Gasteiger partial charge on any atom is -0.495 e. The third-order valence-electron chi connectivity index (χ3n) is 13.1. The van der Waals surface area contributed by atoms with Crippen molar-refractivity contribution < 1.29 is 37.8 Å². The number of aryl methyl sites for hydroxylation is 1. The summed E-state index contributed by atoms with van der Waals surface area (Å²) in [5.74, 6) is -0.0484. The summed E-state index contributed by atoms with van der Waals surface area (Å²) < 4.78 is 35.3. The van der Waals surface area contributed by atoms with Crippen LogP contribution in [0.3, 0.4) is 0 Å². The molecule has 1 aliphatic heterocycles. The van der Waals surface area contributed by atoms with Crippen molar-refractivity contribution in [3.63, 3.8) is 0 Å². The topological polar surface area (TPSA) is 212 Å². The van der Waals surface area contributed by atoms with Gasteiger partial charge in [0.25, 0.3) is 11.8 Å². The number of aliphatic hydroxyl groups excluding tert-OH is 1. The van der Waals surface area contributed by atoms with E-state index < -0.39 is 59.0 Å². The molecule has 21 heteroatoms. The van der Waals surface area contributed by atoms with Gasteiger partial charge in [-0.1, -0.05) is 35.9 Å². The molecule has 4 aromatic rings. The van der Waals surface area contributed by atoms with Gasteiger partial charge >= 0.3 is 0 Å². The van der Waals surface area contributed by atoms with Crippen LogP contribution in [0.5, 0.6) is 5.75 Å². The van der Waals surface area contributed by atoms with Crippen molar-refractivity contribution in [2.75, 3.05) is 56.7 Å². The van der Waals surface area contributed by atoms with E-state index in [1.165, 1.54) is 36.4 Å². The zero-order valence-corrected chi connectivity index (χ0v) is 41.8. The second-order valence-electron chi connectivity index (χ2n) is 18.4. The van der Waals surface area contributed by atoms with Gasteiger partial charge in [0.15, 0.2) is 11.8 Å². The fourth-order valence-corrected chi connectivity index (χ4v) is 10.9. The third-order valence-corrected chi connectivity index (χ3v) is 15.9. The Balaban J connectivity index is 0.869. The Labute approximate surface area is 414 Å². The molecule has 3 aliphatic rings. The fourth-order valence-electron chi connectivity index (χ4n) is 8.60. The number of thioether (sulfide) groups is 1. The molecule has 2 saturated carbocycles. The van der Waals surface area contributed by atoms with E-state index >= 15 is 8.78 Å². The zero-order chi connectivity index (χ0) is 49.5. The molecule has 16 nitrogen and oxygen atoms in total. The number of amides is 4. The first-order valence-corrected chi connectivity index (χ1v) is 25.4. The van der Waals surface area contributed by atoms with Crippen LogP contribution in [0.25, 0.3) is 10.4 Å². The van der Waals surface area contributed by atoms with E-state index in [0.29, 0.717) is 64.5 Å². The Morgan fingerprint density at radius 2 is 1.77 bits per heavy atom. The van der Waals surface area contributed by atoms with Gasteiger partial charge in [0.1, 0.15) is 34.8 Å². The molecule has 3 fully saturated rings. The average Bonchev–Trinajstić information content (AvgIpc) is 3.84. The van der Waals surface area contributed by atoms with Crippen LogP contribution in [0.1, 0.15) is 74.0 Å². The first-order valence-electron chi connectivity index (χ1n) is 23.2. The molecule has 4 amide bonds. The summed E-state index contributed by atoms with van der Waals surface area (Å²) in [4.78, 5) is 69.1. The summed E-state index contributed by atoms with van der Waals surface area (Å²) in [7, 11) is 3.22. The first-order chi connectivity index (χ1) is 33.0. The van der Waals surface area contributed by atoms with Gasteiger partial charge < -0.3 is 46.6 Å². The molecule has 0 radical (unpaired) electrons. The van der Waals surface area contributed by atoms with Crippen molar-refractivity contribution >= 4 is 75.8 Å². The minimum absolute atomic E-state index is 0.0370. The van der Waals surface area contributed by atoms with Crippen LogP contribution in [-0.4, -0.2) is 129 Å². The number of benzene rings is 2. The number of likely N-dealkylation sites (tertiary alicyclic amines) is 1. The molecule has 372 valence electrons. The molecular formula is C48H61ClF2N10O6S2. The van der Waals surface area contributed by atoms with Gasteiger partial charge in [0, 0.05) is 37.0 Å². The van der Waals surface area contributed by atoms with Gasteiger partial charge in [-0.15, -0.1) is 11.3 Å². The highest BCUT2D eigenvalue weighted by Gasteiger charge is 2.55. The number of carbonyl (C=O) groups excluding carboxylic acids is 4. The average molecular weight is 1010 g/mol. The van der Waals surface area contributed by atoms with Crippen molar-refractivity contribution in [1.29, 1.82) is 0 Å². The predicted octanol–water partition coefficient (Wildman–Crippen LogP) is 6.21.